The Kier molecular flexibility index (Phi) is 5.03. The van der Waals surface area contributed by atoms with Crippen LogP contribution in [0.4, 0.5) is 14.5 Å². The van der Waals surface area contributed by atoms with Gasteiger partial charge in [0, 0.05) is 44.0 Å². The number of nitrogens with zero attached hydrogens (tertiary/aromatic N) is 2. The zero-order chi connectivity index (χ0) is 16.9. The van der Waals surface area contributed by atoms with Crippen LogP contribution in [0.25, 0.3) is 0 Å². The van der Waals surface area contributed by atoms with Gasteiger partial charge in [-0.25, -0.2) is 8.78 Å². The van der Waals surface area contributed by atoms with Gasteiger partial charge in [0.2, 0.25) is 5.91 Å². The number of hydrogen-bond donors (Lipinski definition) is 1. The smallest absolute Gasteiger partial charge is 0.220 e. The maximum atomic E-state index is 13.8. The Hall–Kier alpha value is -2.50. The van der Waals surface area contributed by atoms with Gasteiger partial charge in [0.15, 0.2) is 0 Å². The molecule has 4 nitrogen and oxygen atoms in total. The molecule has 1 atom stereocenters. The van der Waals surface area contributed by atoms with Crippen LogP contribution in [-0.4, -0.2) is 30.0 Å². The highest BCUT2D eigenvalue weighted by Crippen LogP contribution is 2.24. The van der Waals surface area contributed by atoms with Gasteiger partial charge in [-0.3, -0.25) is 9.78 Å². The van der Waals surface area contributed by atoms with Crippen LogP contribution in [0.1, 0.15) is 18.4 Å². The zero-order valence-electron chi connectivity index (χ0n) is 13.2. The Morgan fingerprint density at radius 2 is 2.21 bits per heavy atom. The van der Waals surface area contributed by atoms with Gasteiger partial charge in [0.05, 0.1) is 5.69 Å². The Balaban J connectivity index is 1.49. The third-order valence-electron chi connectivity index (χ3n) is 4.17. The maximum Gasteiger partial charge on any atom is 0.220 e. The number of rotatable bonds is 5. The number of halogens is 2. The van der Waals surface area contributed by atoms with Crippen molar-refractivity contribution in [1.82, 2.24) is 10.3 Å². The quantitative estimate of drug-likeness (QED) is 0.916. The topological polar surface area (TPSA) is 45.2 Å². The molecule has 0 saturated carbocycles. The first-order valence-electron chi connectivity index (χ1n) is 8.00. The highest BCUT2D eigenvalue weighted by molar-refractivity contribution is 5.76. The van der Waals surface area contributed by atoms with Crippen molar-refractivity contribution in [3.63, 3.8) is 0 Å². The van der Waals surface area contributed by atoms with Gasteiger partial charge in [-0.2, -0.15) is 0 Å². The minimum absolute atomic E-state index is 0.0177. The predicted molar refractivity (Wildman–Crippen MR) is 87.7 cm³/mol. The largest absolute Gasteiger partial charge is 0.367 e. The van der Waals surface area contributed by atoms with E-state index in [0.717, 1.165) is 18.1 Å². The lowest BCUT2D eigenvalue weighted by Crippen LogP contribution is -2.37. The summed E-state index contributed by atoms with van der Waals surface area (Å²) >= 11 is 0. The van der Waals surface area contributed by atoms with Crippen LogP contribution in [-0.2, 0) is 11.2 Å². The SMILES string of the molecule is O=C(CCc1cccnc1)N[C@@H]1CCN(c2ccc(F)cc2F)C1. The first kappa shape index (κ1) is 16.4. The van der Waals surface area contributed by atoms with Crippen LogP contribution < -0.4 is 10.2 Å². The number of benzene rings is 1. The van der Waals surface area contributed by atoms with Crippen LogP contribution in [0.15, 0.2) is 42.7 Å². The molecule has 126 valence electrons. The number of amides is 1. The molecule has 1 N–H and O–H groups in total. The standard InChI is InChI=1S/C18H19F2N3O/c19-14-4-5-17(16(20)10-14)23-9-7-15(12-23)22-18(24)6-3-13-2-1-8-21-11-13/h1-2,4-5,8,10-11,15H,3,6-7,9,12H2,(H,22,24)/t15-/m1/s1. The average molecular weight is 331 g/mol. The molecule has 1 aromatic heterocycles. The van der Waals surface area contributed by atoms with Gasteiger partial charge in [0.1, 0.15) is 11.6 Å². The summed E-state index contributed by atoms with van der Waals surface area (Å²) in [6, 6.07) is 7.34. The van der Waals surface area contributed by atoms with Crippen molar-refractivity contribution < 1.29 is 13.6 Å². The fourth-order valence-corrected chi connectivity index (χ4v) is 2.94. The molecule has 2 aromatic rings. The van der Waals surface area contributed by atoms with Gasteiger partial charge < -0.3 is 10.2 Å². The third kappa shape index (κ3) is 4.07. The monoisotopic (exact) mass is 331 g/mol. The van der Waals surface area contributed by atoms with Crippen molar-refractivity contribution in [2.24, 2.45) is 0 Å². The van der Waals surface area contributed by atoms with E-state index in [9.17, 15) is 13.6 Å². The van der Waals surface area contributed by atoms with E-state index in [-0.39, 0.29) is 11.9 Å². The van der Waals surface area contributed by atoms with Gasteiger partial charge in [0.25, 0.3) is 0 Å². The second-order valence-corrected chi connectivity index (χ2v) is 5.96. The first-order valence-corrected chi connectivity index (χ1v) is 8.00. The summed E-state index contributed by atoms with van der Waals surface area (Å²) in [5, 5.41) is 2.98. The van der Waals surface area contributed by atoms with Gasteiger partial charge in [-0.05, 0) is 36.6 Å². The Morgan fingerprint density at radius 3 is 2.96 bits per heavy atom. The summed E-state index contributed by atoms with van der Waals surface area (Å²) < 4.78 is 26.8. The normalized spacial score (nSPS) is 17.1. The molecule has 6 heteroatoms. The molecule has 1 fully saturated rings. The number of pyridine rings is 1. The van der Waals surface area contributed by atoms with Crippen LogP contribution in [0, 0.1) is 11.6 Å². The van der Waals surface area contributed by atoms with E-state index in [1.165, 1.54) is 12.1 Å². The van der Waals surface area contributed by atoms with Crippen molar-refractivity contribution in [3.8, 4) is 0 Å². The Labute approximate surface area is 139 Å². The van der Waals surface area contributed by atoms with Crippen LogP contribution >= 0.6 is 0 Å². The number of aryl methyl sites for hydroxylation is 1. The molecule has 1 amide bonds. The van der Waals surface area contributed by atoms with Crippen molar-refractivity contribution in [1.29, 1.82) is 0 Å². The molecule has 24 heavy (non-hydrogen) atoms. The van der Waals surface area contributed by atoms with Crippen molar-refractivity contribution in [3.05, 3.63) is 59.9 Å². The highest BCUT2D eigenvalue weighted by Gasteiger charge is 2.25. The minimum Gasteiger partial charge on any atom is -0.367 e. The third-order valence-corrected chi connectivity index (χ3v) is 4.17. The van der Waals surface area contributed by atoms with Crippen LogP contribution in [0.3, 0.4) is 0 Å². The molecule has 1 aromatic carbocycles. The summed E-state index contributed by atoms with van der Waals surface area (Å²) in [5.74, 6) is -1.18. The Bertz CT molecular complexity index is 709. The van der Waals surface area contributed by atoms with Gasteiger partial charge in [-0.15, -0.1) is 0 Å². The molecule has 2 heterocycles. The maximum absolute atomic E-state index is 13.8. The minimum atomic E-state index is -0.587. The second kappa shape index (κ2) is 7.38. The van der Waals surface area contributed by atoms with E-state index in [4.69, 9.17) is 0 Å². The first-order chi connectivity index (χ1) is 11.6. The molecule has 3 rings (SSSR count). The molecule has 0 bridgehead atoms. The van der Waals surface area contributed by atoms with Gasteiger partial charge >= 0.3 is 0 Å². The van der Waals surface area contributed by atoms with Crippen molar-refractivity contribution in [2.45, 2.75) is 25.3 Å². The number of nitrogens with one attached hydrogen (secondary N) is 1. The molecule has 0 aliphatic carbocycles. The summed E-state index contributed by atoms with van der Waals surface area (Å²) in [6.07, 6.45) is 5.23. The number of hydrogen-bond acceptors (Lipinski definition) is 3. The lowest BCUT2D eigenvalue weighted by atomic mass is 10.1. The van der Waals surface area contributed by atoms with Crippen molar-refractivity contribution >= 4 is 11.6 Å². The summed E-state index contributed by atoms with van der Waals surface area (Å²) in [7, 11) is 0. The van der Waals surface area contributed by atoms with E-state index in [2.05, 4.69) is 10.3 Å². The van der Waals surface area contributed by atoms with E-state index >= 15 is 0 Å². The molecule has 1 aliphatic heterocycles. The molecule has 0 spiro atoms. The number of anilines is 1. The summed E-state index contributed by atoms with van der Waals surface area (Å²) in [6.45, 7) is 1.16. The number of carbonyl (C=O) groups excluding carboxylic acids is 1. The van der Waals surface area contributed by atoms with Crippen LogP contribution in [0.2, 0.25) is 0 Å². The molecular weight excluding hydrogens is 312 g/mol. The average Bonchev–Trinajstić information content (AvgIpc) is 3.02. The lowest BCUT2D eigenvalue weighted by Gasteiger charge is -2.19. The van der Waals surface area contributed by atoms with E-state index in [1.54, 1.807) is 12.4 Å². The Morgan fingerprint density at radius 1 is 1.33 bits per heavy atom. The fraction of sp³-hybridized carbons (Fsp3) is 0.333. The number of aromatic nitrogens is 1. The summed E-state index contributed by atoms with van der Waals surface area (Å²) in [5.41, 5.74) is 1.40. The zero-order valence-corrected chi connectivity index (χ0v) is 13.2. The fourth-order valence-electron chi connectivity index (χ4n) is 2.94. The molecule has 0 radical (unpaired) electrons. The van der Waals surface area contributed by atoms with Gasteiger partial charge in [-0.1, -0.05) is 6.07 Å². The predicted octanol–water partition coefficient (Wildman–Crippen LogP) is 2.69. The van der Waals surface area contributed by atoms with Crippen molar-refractivity contribution in [2.75, 3.05) is 18.0 Å². The summed E-state index contributed by atoms with van der Waals surface area (Å²) in [4.78, 5) is 17.9. The second-order valence-electron chi connectivity index (χ2n) is 5.96. The highest BCUT2D eigenvalue weighted by atomic mass is 19.1. The molecule has 0 unspecified atom stereocenters. The van der Waals surface area contributed by atoms with E-state index in [1.807, 2.05) is 17.0 Å². The molecule has 1 saturated heterocycles. The lowest BCUT2D eigenvalue weighted by molar-refractivity contribution is -0.121. The van der Waals surface area contributed by atoms with E-state index in [0.29, 0.717) is 31.6 Å². The molecular formula is C18H19F2N3O. The van der Waals surface area contributed by atoms with E-state index < -0.39 is 11.6 Å². The molecule has 1 aliphatic rings. The number of carbonyl (C=O) groups is 1. The van der Waals surface area contributed by atoms with Crippen LogP contribution in [0.5, 0.6) is 0 Å².